The van der Waals surface area contributed by atoms with E-state index in [4.69, 9.17) is 11.6 Å². The van der Waals surface area contributed by atoms with Crippen molar-refractivity contribution in [2.45, 2.75) is 18.1 Å². The molecule has 0 aliphatic carbocycles. The van der Waals surface area contributed by atoms with Gasteiger partial charge in [-0.05, 0) is 31.2 Å². The number of anilines is 1. The lowest BCUT2D eigenvalue weighted by Crippen LogP contribution is -2.28. The Hall–Kier alpha value is -3.44. The Morgan fingerprint density at radius 2 is 1.88 bits per heavy atom. The van der Waals surface area contributed by atoms with Crippen molar-refractivity contribution in [3.8, 4) is 0 Å². The lowest BCUT2D eigenvalue weighted by atomic mass is 10.2. The molecule has 32 heavy (non-hydrogen) atoms. The molecule has 3 aromatic rings. The SMILES string of the molecule is C[C@@H](NC(=O)c1ccccc1Cl)c1nnc(SCC(=O)Nc2ccc([N+](=O)[O-])cc2)n1C. The standard InChI is InChI=1S/C20H19ClN6O4S/c1-12(22-19(29)15-5-3-4-6-16(15)21)18-24-25-20(26(18)2)32-11-17(28)23-13-7-9-14(10-8-13)27(30)31/h3-10,12H,11H2,1-2H3,(H,22,29)(H,23,28)/t12-/m1/s1. The maximum atomic E-state index is 12.5. The second-order valence-electron chi connectivity index (χ2n) is 6.72. The fourth-order valence-electron chi connectivity index (χ4n) is 2.81. The summed E-state index contributed by atoms with van der Waals surface area (Å²) in [6.45, 7) is 1.77. The van der Waals surface area contributed by atoms with Crippen LogP contribution in [0.1, 0.15) is 29.1 Å². The largest absolute Gasteiger partial charge is 0.342 e. The van der Waals surface area contributed by atoms with E-state index in [1.165, 1.54) is 36.0 Å². The minimum atomic E-state index is -0.509. The summed E-state index contributed by atoms with van der Waals surface area (Å²) < 4.78 is 1.70. The van der Waals surface area contributed by atoms with Gasteiger partial charge in [-0.3, -0.25) is 19.7 Å². The molecule has 1 heterocycles. The summed E-state index contributed by atoms with van der Waals surface area (Å²) in [5, 5.41) is 25.3. The number of nitro benzene ring substituents is 1. The number of nitro groups is 1. The van der Waals surface area contributed by atoms with Crippen molar-refractivity contribution in [3.05, 3.63) is 75.1 Å². The molecule has 0 spiro atoms. The number of non-ortho nitro benzene ring substituents is 1. The number of nitrogens with one attached hydrogen (secondary N) is 2. The topological polar surface area (TPSA) is 132 Å². The number of carbonyl (C=O) groups is 2. The van der Waals surface area contributed by atoms with Gasteiger partial charge in [0, 0.05) is 24.9 Å². The quantitative estimate of drug-likeness (QED) is 0.289. The number of thioether (sulfide) groups is 1. The molecule has 2 amide bonds. The van der Waals surface area contributed by atoms with Crippen LogP contribution in [0.5, 0.6) is 0 Å². The van der Waals surface area contributed by atoms with Crippen molar-refractivity contribution in [1.82, 2.24) is 20.1 Å². The Kier molecular flexibility index (Phi) is 7.44. The summed E-state index contributed by atoms with van der Waals surface area (Å²) in [6, 6.07) is 11.9. The Balaban J connectivity index is 1.57. The van der Waals surface area contributed by atoms with Gasteiger partial charge in [0.1, 0.15) is 0 Å². The van der Waals surface area contributed by atoms with Crippen LogP contribution in [0.15, 0.2) is 53.7 Å². The highest BCUT2D eigenvalue weighted by Gasteiger charge is 2.20. The van der Waals surface area contributed by atoms with Crippen molar-refractivity contribution in [3.63, 3.8) is 0 Å². The van der Waals surface area contributed by atoms with Crippen molar-refractivity contribution in [2.24, 2.45) is 7.05 Å². The second-order valence-corrected chi connectivity index (χ2v) is 8.07. The molecular formula is C20H19ClN6O4S. The molecule has 0 saturated carbocycles. The highest BCUT2D eigenvalue weighted by atomic mass is 35.5. The summed E-state index contributed by atoms with van der Waals surface area (Å²) in [6.07, 6.45) is 0. The monoisotopic (exact) mass is 474 g/mol. The minimum Gasteiger partial charge on any atom is -0.342 e. The molecule has 10 nitrogen and oxygen atoms in total. The first-order chi connectivity index (χ1) is 15.3. The maximum absolute atomic E-state index is 12.5. The summed E-state index contributed by atoms with van der Waals surface area (Å²) in [4.78, 5) is 34.8. The predicted molar refractivity (Wildman–Crippen MR) is 121 cm³/mol. The summed E-state index contributed by atoms with van der Waals surface area (Å²) in [5.41, 5.74) is 0.760. The average molecular weight is 475 g/mol. The molecule has 166 valence electrons. The van der Waals surface area contributed by atoms with Crippen LogP contribution in [0.3, 0.4) is 0 Å². The molecule has 2 N–H and O–H groups in total. The number of hydrogen-bond donors (Lipinski definition) is 2. The van der Waals surface area contributed by atoms with Gasteiger partial charge >= 0.3 is 0 Å². The first-order valence-electron chi connectivity index (χ1n) is 9.38. The third-order valence-corrected chi connectivity index (χ3v) is 5.77. The number of carbonyl (C=O) groups excluding carboxylic acids is 2. The van der Waals surface area contributed by atoms with Crippen molar-refractivity contribution < 1.29 is 14.5 Å². The molecule has 0 unspecified atom stereocenters. The van der Waals surface area contributed by atoms with E-state index in [1.54, 1.807) is 42.8 Å². The Bertz CT molecular complexity index is 1150. The van der Waals surface area contributed by atoms with E-state index in [0.29, 0.717) is 27.3 Å². The van der Waals surface area contributed by atoms with Crippen LogP contribution in [-0.2, 0) is 11.8 Å². The first kappa shape index (κ1) is 23.2. The van der Waals surface area contributed by atoms with Gasteiger partial charge in [-0.1, -0.05) is 35.5 Å². The molecule has 1 atom stereocenters. The molecule has 1 aromatic heterocycles. The number of benzene rings is 2. The Morgan fingerprint density at radius 3 is 2.53 bits per heavy atom. The molecule has 0 aliphatic rings. The third-order valence-electron chi connectivity index (χ3n) is 4.42. The number of nitrogens with zero attached hydrogens (tertiary/aromatic N) is 4. The van der Waals surface area contributed by atoms with Crippen LogP contribution in [0.4, 0.5) is 11.4 Å². The molecule has 0 radical (unpaired) electrons. The van der Waals surface area contributed by atoms with Gasteiger partial charge in [0.2, 0.25) is 5.91 Å². The zero-order valence-corrected chi connectivity index (χ0v) is 18.7. The van der Waals surface area contributed by atoms with E-state index in [2.05, 4.69) is 20.8 Å². The normalized spacial score (nSPS) is 11.6. The number of amides is 2. The van der Waals surface area contributed by atoms with Gasteiger partial charge in [0.15, 0.2) is 11.0 Å². The highest BCUT2D eigenvalue weighted by molar-refractivity contribution is 7.99. The highest BCUT2D eigenvalue weighted by Crippen LogP contribution is 2.21. The molecule has 0 bridgehead atoms. The molecule has 12 heteroatoms. The van der Waals surface area contributed by atoms with Gasteiger partial charge in [0.25, 0.3) is 11.6 Å². The van der Waals surface area contributed by atoms with E-state index in [9.17, 15) is 19.7 Å². The van der Waals surface area contributed by atoms with Crippen molar-refractivity contribution in [1.29, 1.82) is 0 Å². The summed E-state index contributed by atoms with van der Waals surface area (Å²) in [7, 11) is 1.74. The molecule has 0 fully saturated rings. The van der Waals surface area contributed by atoms with Crippen LogP contribution in [-0.4, -0.2) is 37.3 Å². The Morgan fingerprint density at radius 1 is 1.19 bits per heavy atom. The zero-order valence-electron chi connectivity index (χ0n) is 17.1. The van der Waals surface area contributed by atoms with Gasteiger partial charge in [-0.15, -0.1) is 10.2 Å². The second kappa shape index (κ2) is 10.2. The van der Waals surface area contributed by atoms with Gasteiger partial charge in [0.05, 0.1) is 27.3 Å². The van der Waals surface area contributed by atoms with E-state index in [-0.39, 0.29) is 23.3 Å². The lowest BCUT2D eigenvalue weighted by Gasteiger charge is -2.14. The van der Waals surface area contributed by atoms with Gasteiger partial charge in [-0.2, -0.15) is 0 Å². The Labute approximate surface area is 192 Å². The smallest absolute Gasteiger partial charge is 0.269 e. The number of hydrogen-bond acceptors (Lipinski definition) is 7. The van der Waals surface area contributed by atoms with Crippen molar-refractivity contribution >= 4 is 46.6 Å². The third kappa shape index (κ3) is 5.62. The van der Waals surface area contributed by atoms with Crippen LogP contribution >= 0.6 is 23.4 Å². The number of rotatable bonds is 8. The molecule has 0 aliphatic heterocycles. The maximum Gasteiger partial charge on any atom is 0.269 e. The molecule has 2 aromatic carbocycles. The van der Waals surface area contributed by atoms with Crippen LogP contribution < -0.4 is 10.6 Å². The first-order valence-corrected chi connectivity index (χ1v) is 10.7. The molecule has 3 rings (SSSR count). The van der Waals surface area contributed by atoms with E-state index >= 15 is 0 Å². The number of halogens is 1. The van der Waals surface area contributed by atoms with Crippen LogP contribution in [0.2, 0.25) is 5.02 Å². The predicted octanol–water partition coefficient (Wildman–Crippen LogP) is 3.60. The van der Waals surface area contributed by atoms with Gasteiger partial charge in [-0.25, -0.2) is 0 Å². The van der Waals surface area contributed by atoms with Crippen LogP contribution in [0, 0.1) is 10.1 Å². The zero-order chi connectivity index (χ0) is 23.3. The lowest BCUT2D eigenvalue weighted by molar-refractivity contribution is -0.384. The van der Waals surface area contributed by atoms with E-state index < -0.39 is 11.0 Å². The van der Waals surface area contributed by atoms with Gasteiger partial charge < -0.3 is 15.2 Å². The average Bonchev–Trinajstić information content (AvgIpc) is 3.13. The molecule has 0 saturated heterocycles. The molecular weight excluding hydrogens is 456 g/mol. The fraction of sp³-hybridized carbons (Fsp3) is 0.200. The summed E-state index contributed by atoms with van der Waals surface area (Å²) >= 11 is 7.24. The van der Waals surface area contributed by atoms with E-state index in [1.807, 2.05) is 0 Å². The van der Waals surface area contributed by atoms with Crippen molar-refractivity contribution in [2.75, 3.05) is 11.1 Å². The fourth-order valence-corrected chi connectivity index (χ4v) is 3.75. The summed E-state index contributed by atoms with van der Waals surface area (Å²) in [5.74, 6) is -0.0523. The van der Waals surface area contributed by atoms with Crippen LogP contribution in [0.25, 0.3) is 0 Å². The number of aromatic nitrogens is 3. The van der Waals surface area contributed by atoms with E-state index in [0.717, 1.165) is 0 Å². The minimum absolute atomic E-state index is 0.0558.